The number of hydrogen-bond acceptors (Lipinski definition) is 2. The highest BCUT2D eigenvalue weighted by Crippen LogP contribution is 2.04. The normalized spacial score (nSPS) is 12.3. The smallest absolute Gasteiger partial charge is 0.00965 e. The topological polar surface area (TPSA) is 15.3 Å². The van der Waals surface area contributed by atoms with Gasteiger partial charge < -0.3 is 10.2 Å². The fourth-order valence-electron chi connectivity index (χ4n) is 2.09. The monoisotopic (exact) mass is 256 g/mol. The van der Waals surface area contributed by atoms with Crippen molar-refractivity contribution in [2.75, 3.05) is 26.2 Å². The maximum atomic E-state index is 3.55. The van der Waals surface area contributed by atoms with Crippen LogP contribution in [0.4, 0.5) is 0 Å². The number of nitrogens with zero attached hydrogens (tertiary/aromatic N) is 1. The summed E-state index contributed by atoms with van der Waals surface area (Å²) in [6.45, 7) is 16.2. The standard InChI is InChI=1S/C16H36N2/c1-6-8-14-18(7-2)15-12-10-9-11-13-17-16(3,4)5/h17H,6-15H2,1-5H3. The Morgan fingerprint density at radius 1 is 0.833 bits per heavy atom. The van der Waals surface area contributed by atoms with Crippen molar-refractivity contribution < 1.29 is 0 Å². The Bertz CT molecular complexity index is 172. The van der Waals surface area contributed by atoms with Crippen LogP contribution in [0, 0.1) is 0 Å². The van der Waals surface area contributed by atoms with Gasteiger partial charge in [-0.15, -0.1) is 0 Å². The highest BCUT2D eigenvalue weighted by Gasteiger charge is 2.07. The summed E-state index contributed by atoms with van der Waals surface area (Å²) in [5, 5.41) is 3.55. The Kier molecular flexibility index (Phi) is 10.8. The second-order valence-corrected chi connectivity index (χ2v) is 6.38. The van der Waals surface area contributed by atoms with Gasteiger partial charge >= 0.3 is 0 Å². The molecule has 0 aliphatic carbocycles. The van der Waals surface area contributed by atoms with E-state index in [1.807, 2.05) is 0 Å². The summed E-state index contributed by atoms with van der Waals surface area (Å²) in [4.78, 5) is 2.59. The third kappa shape index (κ3) is 12.4. The lowest BCUT2D eigenvalue weighted by Crippen LogP contribution is -2.36. The highest BCUT2D eigenvalue weighted by atomic mass is 15.1. The van der Waals surface area contributed by atoms with Gasteiger partial charge in [-0.25, -0.2) is 0 Å². The van der Waals surface area contributed by atoms with Crippen molar-refractivity contribution in [3.8, 4) is 0 Å². The van der Waals surface area contributed by atoms with Gasteiger partial charge in [0.2, 0.25) is 0 Å². The Hall–Kier alpha value is -0.0800. The molecule has 0 saturated heterocycles. The summed E-state index contributed by atoms with van der Waals surface area (Å²) in [7, 11) is 0. The molecule has 0 saturated carbocycles. The van der Waals surface area contributed by atoms with Crippen molar-refractivity contribution in [3.63, 3.8) is 0 Å². The second kappa shape index (κ2) is 10.8. The van der Waals surface area contributed by atoms with Gasteiger partial charge in [0.05, 0.1) is 0 Å². The van der Waals surface area contributed by atoms with Crippen LogP contribution in [-0.4, -0.2) is 36.6 Å². The molecule has 0 bridgehead atoms. The van der Waals surface area contributed by atoms with E-state index < -0.39 is 0 Å². The molecule has 0 aliphatic heterocycles. The molecule has 1 N–H and O–H groups in total. The van der Waals surface area contributed by atoms with Crippen LogP contribution in [0.1, 0.15) is 73.1 Å². The van der Waals surface area contributed by atoms with Gasteiger partial charge in [0.15, 0.2) is 0 Å². The molecule has 0 atom stereocenters. The first-order valence-electron chi connectivity index (χ1n) is 7.97. The molecule has 0 unspecified atom stereocenters. The summed E-state index contributed by atoms with van der Waals surface area (Å²) in [5.41, 5.74) is 0.277. The zero-order valence-corrected chi connectivity index (χ0v) is 13.5. The first-order chi connectivity index (χ1) is 8.49. The average molecular weight is 256 g/mol. The molecule has 0 heterocycles. The molecular formula is C16H36N2. The van der Waals surface area contributed by atoms with Gasteiger partial charge in [0.25, 0.3) is 0 Å². The molecule has 0 aromatic heterocycles. The van der Waals surface area contributed by atoms with Gasteiger partial charge in [-0.2, -0.15) is 0 Å². The first-order valence-corrected chi connectivity index (χ1v) is 7.97. The van der Waals surface area contributed by atoms with Crippen molar-refractivity contribution >= 4 is 0 Å². The van der Waals surface area contributed by atoms with E-state index >= 15 is 0 Å². The third-order valence-corrected chi connectivity index (χ3v) is 3.33. The molecule has 18 heavy (non-hydrogen) atoms. The fourth-order valence-corrected chi connectivity index (χ4v) is 2.09. The number of unbranched alkanes of at least 4 members (excludes halogenated alkanes) is 4. The minimum absolute atomic E-state index is 0.277. The maximum Gasteiger partial charge on any atom is 0.00965 e. The van der Waals surface area contributed by atoms with Crippen LogP contribution in [0.5, 0.6) is 0 Å². The minimum Gasteiger partial charge on any atom is -0.312 e. The molecule has 2 nitrogen and oxygen atoms in total. The largest absolute Gasteiger partial charge is 0.312 e. The predicted octanol–water partition coefficient (Wildman–Crippen LogP) is 4.06. The van der Waals surface area contributed by atoms with E-state index in [0.29, 0.717) is 0 Å². The average Bonchev–Trinajstić information content (AvgIpc) is 2.30. The van der Waals surface area contributed by atoms with E-state index in [4.69, 9.17) is 0 Å². The van der Waals surface area contributed by atoms with Crippen molar-refractivity contribution in [1.82, 2.24) is 10.2 Å². The van der Waals surface area contributed by atoms with Crippen molar-refractivity contribution in [2.45, 2.75) is 78.7 Å². The molecule has 0 aliphatic rings. The number of hydrogen-bond donors (Lipinski definition) is 1. The van der Waals surface area contributed by atoms with Crippen LogP contribution in [0.25, 0.3) is 0 Å². The minimum atomic E-state index is 0.277. The second-order valence-electron chi connectivity index (χ2n) is 6.38. The van der Waals surface area contributed by atoms with Crippen LogP contribution >= 0.6 is 0 Å². The van der Waals surface area contributed by atoms with E-state index in [-0.39, 0.29) is 5.54 Å². The van der Waals surface area contributed by atoms with Crippen molar-refractivity contribution in [2.24, 2.45) is 0 Å². The van der Waals surface area contributed by atoms with Crippen molar-refractivity contribution in [3.05, 3.63) is 0 Å². The summed E-state index contributed by atoms with van der Waals surface area (Å²) < 4.78 is 0. The van der Waals surface area contributed by atoms with E-state index in [2.05, 4.69) is 44.8 Å². The van der Waals surface area contributed by atoms with Crippen LogP contribution in [0.15, 0.2) is 0 Å². The molecule has 110 valence electrons. The molecule has 0 spiro atoms. The molecule has 0 fully saturated rings. The summed E-state index contributed by atoms with van der Waals surface area (Å²) in [5.74, 6) is 0. The third-order valence-electron chi connectivity index (χ3n) is 3.33. The Morgan fingerprint density at radius 3 is 2.00 bits per heavy atom. The van der Waals surface area contributed by atoms with Gasteiger partial charge in [-0.05, 0) is 66.2 Å². The fraction of sp³-hybridized carbons (Fsp3) is 1.00. The van der Waals surface area contributed by atoms with E-state index in [9.17, 15) is 0 Å². The number of nitrogens with one attached hydrogen (secondary N) is 1. The lowest BCUT2D eigenvalue weighted by molar-refractivity contribution is 0.276. The molecule has 0 radical (unpaired) electrons. The summed E-state index contributed by atoms with van der Waals surface area (Å²) in [6.07, 6.45) is 8.10. The van der Waals surface area contributed by atoms with Crippen LogP contribution in [0.2, 0.25) is 0 Å². The summed E-state index contributed by atoms with van der Waals surface area (Å²) in [6, 6.07) is 0. The predicted molar refractivity (Wildman–Crippen MR) is 83.2 cm³/mol. The lowest BCUT2D eigenvalue weighted by atomic mass is 10.1. The van der Waals surface area contributed by atoms with Crippen LogP contribution in [-0.2, 0) is 0 Å². The Balaban J connectivity index is 3.33. The van der Waals surface area contributed by atoms with Gasteiger partial charge in [0, 0.05) is 5.54 Å². The molecule has 0 rings (SSSR count). The van der Waals surface area contributed by atoms with E-state index in [0.717, 1.165) is 6.54 Å². The van der Waals surface area contributed by atoms with Gasteiger partial charge in [-0.1, -0.05) is 33.1 Å². The Labute approximate surface area is 116 Å². The number of rotatable bonds is 11. The van der Waals surface area contributed by atoms with E-state index in [1.165, 1.54) is 58.2 Å². The first kappa shape index (κ1) is 17.9. The molecule has 0 aromatic rings. The van der Waals surface area contributed by atoms with Gasteiger partial charge in [0.1, 0.15) is 0 Å². The molecule has 0 amide bonds. The zero-order chi connectivity index (χ0) is 13.9. The van der Waals surface area contributed by atoms with Crippen LogP contribution in [0.3, 0.4) is 0 Å². The quantitative estimate of drug-likeness (QED) is 0.561. The molecular weight excluding hydrogens is 220 g/mol. The SMILES string of the molecule is CCCCN(CC)CCCCCCNC(C)(C)C. The Morgan fingerprint density at radius 2 is 1.44 bits per heavy atom. The van der Waals surface area contributed by atoms with E-state index in [1.54, 1.807) is 0 Å². The lowest BCUT2D eigenvalue weighted by Gasteiger charge is -2.21. The van der Waals surface area contributed by atoms with Gasteiger partial charge in [-0.3, -0.25) is 0 Å². The maximum absolute atomic E-state index is 3.55. The summed E-state index contributed by atoms with van der Waals surface area (Å²) >= 11 is 0. The van der Waals surface area contributed by atoms with Crippen LogP contribution < -0.4 is 5.32 Å². The molecule has 2 heteroatoms. The van der Waals surface area contributed by atoms with Crippen molar-refractivity contribution in [1.29, 1.82) is 0 Å². The zero-order valence-electron chi connectivity index (χ0n) is 13.5. The molecule has 0 aromatic carbocycles. The highest BCUT2D eigenvalue weighted by molar-refractivity contribution is 4.69.